The lowest BCUT2D eigenvalue weighted by Crippen LogP contribution is -2.27. The Labute approximate surface area is 154 Å². The molecule has 4 nitrogen and oxygen atoms in total. The molecule has 0 bridgehead atoms. The van der Waals surface area contributed by atoms with Gasteiger partial charge in [-0.05, 0) is 56.4 Å². The fourth-order valence-corrected chi connectivity index (χ4v) is 3.34. The van der Waals surface area contributed by atoms with Crippen LogP contribution in [0, 0.1) is 11.8 Å². The molecule has 1 aromatic carbocycles. The topological polar surface area (TPSA) is 47.2 Å². The summed E-state index contributed by atoms with van der Waals surface area (Å²) in [6.07, 6.45) is 9.04. The minimum atomic E-state index is 0.0700. The van der Waals surface area contributed by atoms with Crippen LogP contribution in [-0.2, 0) is 6.42 Å². The van der Waals surface area contributed by atoms with Crippen molar-refractivity contribution in [2.45, 2.75) is 52.0 Å². The van der Waals surface area contributed by atoms with Crippen LogP contribution in [0.2, 0.25) is 0 Å². The number of aliphatic imine (C=N–C) groups is 1. The summed E-state index contributed by atoms with van der Waals surface area (Å²) in [6.45, 7) is 4.19. The van der Waals surface area contributed by atoms with Gasteiger partial charge in [0.15, 0.2) is 0 Å². The van der Waals surface area contributed by atoms with Gasteiger partial charge in [0.1, 0.15) is 11.5 Å². The standard InChI is InChI=1S/C22H25N3O/c1-4-5-9-18(23-3)13-11-17-12-14-19-20(15-17)24-21-10-7-6-8-16(2)25(21)22(19)26/h5,9,12,14-16H,4,6-8,10H2,1-3H3/b9-5-,23-18?. The van der Waals surface area contributed by atoms with Crippen LogP contribution < -0.4 is 5.56 Å². The monoisotopic (exact) mass is 347 g/mol. The minimum Gasteiger partial charge on any atom is -0.293 e. The number of aryl methyl sites for hydroxylation is 1. The molecule has 1 aromatic heterocycles. The van der Waals surface area contributed by atoms with E-state index >= 15 is 0 Å². The number of fused-ring (bicyclic) bond motifs is 2. The lowest BCUT2D eigenvalue weighted by molar-refractivity contribution is 0.487. The molecule has 1 aliphatic heterocycles. The zero-order chi connectivity index (χ0) is 18.5. The van der Waals surface area contributed by atoms with Crippen molar-refractivity contribution < 1.29 is 0 Å². The van der Waals surface area contributed by atoms with Gasteiger partial charge < -0.3 is 0 Å². The van der Waals surface area contributed by atoms with Crippen LogP contribution in [0.5, 0.6) is 0 Å². The van der Waals surface area contributed by atoms with Crippen LogP contribution in [0.25, 0.3) is 10.9 Å². The summed E-state index contributed by atoms with van der Waals surface area (Å²) < 4.78 is 1.89. The Morgan fingerprint density at radius 2 is 2.27 bits per heavy atom. The Balaban J connectivity index is 2.04. The molecule has 0 fully saturated rings. The summed E-state index contributed by atoms with van der Waals surface area (Å²) in [5, 5.41) is 0.670. The highest BCUT2D eigenvalue weighted by molar-refractivity contribution is 6.09. The summed E-state index contributed by atoms with van der Waals surface area (Å²) >= 11 is 0. The van der Waals surface area contributed by atoms with Gasteiger partial charge in [0.25, 0.3) is 5.56 Å². The Bertz CT molecular complexity index is 986. The van der Waals surface area contributed by atoms with Crippen molar-refractivity contribution >= 4 is 16.6 Å². The van der Waals surface area contributed by atoms with Crippen molar-refractivity contribution in [1.82, 2.24) is 9.55 Å². The molecule has 4 heteroatoms. The molecule has 134 valence electrons. The normalized spacial score (nSPS) is 17.7. The van der Waals surface area contributed by atoms with E-state index in [4.69, 9.17) is 4.98 Å². The Kier molecular flexibility index (Phi) is 5.68. The molecule has 0 radical (unpaired) electrons. The van der Waals surface area contributed by atoms with Crippen LogP contribution in [-0.4, -0.2) is 22.3 Å². The molecule has 0 spiro atoms. The zero-order valence-electron chi connectivity index (χ0n) is 15.7. The quantitative estimate of drug-likeness (QED) is 0.607. The number of nitrogens with zero attached hydrogens (tertiary/aromatic N) is 3. The van der Waals surface area contributed by atoms with Gasteiger partial charge in [-0.2, -0.15) is 0 Å². The van der Waals surface area contributed by atoms with Crippen LogP contribution in [0.3, 0.4) is 0 Å². The van der Waals surface area contributed by atoms with Crippen molar-refractivity contribution in [3.05, 3.63) is 52.1 Å². The van der Waals surface area contributed by atoms with E-state index in [1.807, 2.05) is 34.9 Å². The van der Waals surface area contributed by atoms with Crippen molar-refractivity contribution in [3.63, 3.8) is 0 Å². The molecule has 0 N–H and O–H groups in total. The number of hydrogen-bond donors (Lipinski definition) is 0. The van der Waals surface area contributed by atoms with Gasteiger partial charge in [-0.3, -0.25) is 14.4 Å². The first kappa shape index (κ1) is 18.1. The van der Waals surface area contributed by atoms with Gasteiger partial charge in [-0.1, -0.05) is 25.3 Å². The average Bonchev–Trinajstić information content (AvgIpc) is 2.83. The second kappa shape index (κ2) is 8.14. The molecule has 1 atom stereocenters. The fraction of sp³-hybridized carbons (Fsp3) is 0.409. The fourth-order valence-electron chi connectivity index (χ4n) is 3.34. The van der Waals surface area contributed by atoms with E-state index in [2.05, 4.69) is 30.7 Å². The third kappa shape index (κ3) is 3.77. The molecule has 2 heterocycles. The third-order valence-electron chi connectivity index (χ3n) is 4.77. The maximum atomic E-state index is 12.9. The lowest BCUT2D eigenvalue weighted by Gasteiger charge is -2.16. The lowest BCUT2D eigenvalue weighted by atomic mass is 10.1. The molecule has 0 saturated carbocycles. The maximum absolute atomic E-state index is 12.9. The largest absolute Gasteiger partial charge is 0.293 e. The molecule has 3 rings (SSSR count). The van der Waals surface area contributed by atoms with Gasteiger partial charge in [0, 0.05) is 25.1 Å². The maximum Gasteiger partial charge on any atom is 0.261 e. The number of allylic oxidation sites excluding steroid dienone is 2. The minimum absolute atomic E-state index is 0.0700. The summed E-state index contributed by atoms with van der Waals surface area (Å²) in [5.41, 5.74) is 2.40. The van der Waals surface area contributed by atoms with Gasteiger partial charge in [0.2, 0.25) is 0 Å². The van der Waals surface area contributed by atoms with E-state index in [0.29, 0.717) is 5.39 Å². The van der Waals surface area contributed by atoms with Crippen molar-refractivity contribution in [1.29, 1.82) is 0 Å². The number of aromatic nitrogens is 2. The molecular weight excluding hydrogens is 322 g/mol. The molecule has 2 aromatic rings. The van der Waals surface area contributed by atoms with Crippen molar-refractivity contribution in [2.24, 2.45) is 4.99 Å². The van der Waals surface area contributed by atoms with E-state index in [9.17, 15) is 4.79 Å². The highest BCUT2D eigenvalue weighted by Gasteiger charge is 2.18. The predicted octanol–water partition coefficient (Wildman–Crippen LogP) is 4.07. The van der Waals surface area contributed by atoms with E-state index in [1.54, 1.807) is 7.05 Å². The average molecular weight is 347 g/mol. The first-order valence-electron chi connectivity index (χ1n) is 9.34. The molecule has 0 amide bonds. The molecule has 26 heavy (non-hydrogen) atoms. The smallest absolute Gasteiger partial charge is 0.261 e. The highest BCUT2D eigenvalue weighted by atomic mass is 16.1. The van der Waals surface area contributed by atoms with Crippen molar-refractivity contribution in [2.75, 3.05) is 7.05 Å². The Morgan fingerprint density at radius 3 is 3.04 bits per heavy atom. The summed E-state index contributed by atoms with van der Waals surface area (Å²) in [4.78, 5) is 21.9. The van der Waals surface area contributed by atoms with Crippen LogP contribution in [0.1, 0.15) is 57.0 Å². The van der Waals surface area contributed by atoms with Gasteiger partial charge in [-0.15, -0.1) is 0 Å². The second-order valence-electron chi connectivity index (χ2n) is 6.70. The Morgan fingerprint density at radius 1 is 1.42 bits per heavy atom. The third-order valence-corrected chi connectivity index (χ3v) is 4.77. The molecule has 1 unspecified atom stereocenters. The molecule has 0 saturated heterocycles. The predicted molar refractivity (Wildman–Crippen MR) is 108 cm³/mol. The summed E-state index contributed by atoms with van der Waals surface area (Å²) in [7, 11) is 1.74. The second-order valence-corrected chi connectivity index (χ2v) is 6.70. The van der Waals surface area contributed by atoms with E-state index in [0.717, 1.165) is 54.7 Å². The number of hydrogen-bond acceptors (Lipinski definition) is 3. The van der Waals surface area contributed by atoms with Crippen LogP contribution >= 0.6 is 0 Å². The summed E-state index contributed by atoms with van der Waals surface area (Å²) in [5.74, 6) is 7.12. The summed E-state index contributed by atoms with van der Waals surface area (Å²) in [6, 6.07) is 5.87. The first-order valence-corrected chi connectivity index (χ1v) is 9.34. The van der Waals surface area contributed by atoms with E-state index < -0.39 is 0 Å². The highest BCUT2D eigenvalue weighted by Crippen LogP contribution is 2.22. The van der Waals surface area contributed by atoms with E-state index in [-0.39, 0.29) is 11.6 Å². The number of benzene rings is 1. The Hall–Kier alpha value is -2.67. The molecule has 1 aliphatic rings. The van der Waals surface area contributed by atoms with Gasteiger partial charge in [0.05, 0.1) is 10.9 Å². The first-order chi connectivity index (χ1) is 12.6. The molecular formula is C22H25N3O. The van der Waals surface area contributed by atoms with Crippen molar-refractivity contribution in [3.8, 4) is 11.8 Å². The zero-order valence-corrected chi connectivity index (χ0v) is 15.7. The SMILES string of the molecule is CC/C=C\C(C#Cc1ccc2c(=O)n3c(nc2c1)CCCCC3C)=NC. The molecule has 0 aliphatic carbocycles. The van der Waals surface area contributed by atoms with Gasteiger partial charge >= 0.3 is 0 Å². The van der Waals surface area contributed by atoms with Gasteiger partial charge in [-0.25, -0.2) is 4.98 Å². The van der Waals surface area contributed by atoms with E-state index in [1.165, 1.54) is 0 Å². The number of rotatable bonds is 2. The van der Waals surface area contributed by atoms with Crippen LogP contribution in [0.15, 0.2) is 40.1 Å². The van der Waals surface area contributed by atoms with Crippen LogP contribution in [0.4, 0.5) is 0 Å².